The van der Waals surface area contributed by atoms with Crippen molar-refractivity contribution in [3.8, 4) is 5.75 Å². The predicted octanol–water partition coefficient (Wildman–Crippen LogP) is 2.64. The van der Waals surface area contributed by atoms with Gasteiger partial charge in [0, 0.05) is 11.8 Å². The summed E-state index contributed by atoms with van der Waals surface area (Å²) in [6.07, 6.45) is 0.880. The van der Waals surface area contributed by atoms with E-state index in [1.807, 2.05) is 0 Å². The molecule has 2 aromatic rings. The van der Waals surface area contributed by atoms with Gasteiger partial charge in [0.25, 0.3) is 0 Å². The summed E-state index contributed by atoms with van der Waals surface area (Å²) in [7, 11) is 0. The average molecular weight is 231 g/mol. The van der Waals surface area contributed by atoms with E-state index in [4.69, 9.17) is 4.74 Å². The van der Waals surface area contributed by atoms with Crippen molar-refractivity contribution in [3.63, 3.8) is 0 Å². The molecule has 0 fully saturated rings. The standard InChI is InChI=1S/C13H10FNO2/c14-13(17-11-7-4-8-15-9-11)12(16)10-5-2-1-3-6-10/h1-9,13H. The second kappa shape index (κ2) is 5.21. The van der Waals surface area contributed by atoms with Gasteiger partial charge in [-0.3, -0.25) is 9.78 Å². The molecule has 0 saturated heterocycles. The van der Waals surface area contributed by atoms with Gasteiger partial charge in [0.1, 0.15) is 5.75 Å². The summed E-state index contributed by atoms with van der Waals surface area (Å²) < 4.78 is 18.4. The van der Waals surface area contributed by atoms with Crippen LogP contribution in [0.2, 0.25) is 0 Å². The molecule has 86 valence electrons. The number of aromatic nitrogens is 1. The minimum absolute atomic E-state index is 0.226. The van der Waals surface area contributed by atoms with E-state index in [9.17, 15) is 9.18 Å². The van der Waals surface area contributed by atoms with Crippen molar-refractivity contribution in [3.05, 3.63) is 60.4 Å². The van der Waals surface area contributed by atoms with E-state index in [-0.39, 0.29) is 11.3 Å². The van der Waals surface area contributed by atoms with Gasteiger partial charge in [-0.05, 0) is 12.1 Å². The van der Waals surface area contributed by atoms with Crippen molar-refractivity contribution in [1.29, 1.82) is 0 Å². The molecule has 0 saturated carbocycles. The molecule has 0 bridgehead atoms. The lowest BCUT2D eigenvalue weighted by Crippen LogP contribution is -2.22. The number of hydrogen-bond donors (Lipinski definition) is 0. The number of ether oxygens (including phenoxy) is 1. The van der Waals surface area contributed by atoms with Crippen LogP contribution in [-0.4, -0.2) is 17.1 Å². The number of benzene rings is 1. The first-order valence-electron chi connectivity index (χ1n) is 5.07. The second-order valence-corrected chi connectivity index (χ2v) is 3.35. The number of alkyl halides is 1. The Morgan fingerprint density at radius 1 is 1.18 bits per heavy atom. The molecule has 1 heterocycles. The lowest BCUT2D eigenvalue weighted by atomic mass is 10.1. The Balaban J connectivity index is 2.06. The minimum Gasteiger partial charge on any atom is -0.451 e. The zero-order valence-corrected chi connectivity index (χ0v) is 8.92. The summed E-state index contributed by atoms with van der Waals surface area (Å²) in [5, 5.41) is 0. The van der Waals surface area contributed by atoms with Crippen LogP contribution >= 0.6 is 0 Å². The molecule has 0 radical (unpaired) electrons. The van der Waals surface area contributed by atoms with Crippen LogP contribution in [0.25, 0.3) is 0 Å². The topological polar surface area (TPSA) is 39.2 Å². The third kappa shape index (κ3) is 2.87. The highest BCUT2D eigenvalue weighted by Crippen LogP contribution is 2.13. The number of Topliss-reactive ketones (excluding diaryl/α,β-unsaturated/α-hetero) is 1. The van der Waals surface area contributed by atoms with Gasteiger partial charge in [-0.1, -0.05) is 30.3 Å². The largest absolute Gasteiger partial charge is 0.451 e. The van der Waals surface area contributed by atoms with Crippen molar-refractivity contribution in [2.45, 2.75) is 6.36 Å². The maximum atomic E-state index is 13.6. The number of halogens is 1. The predicted molar refractivity (Wildman–Crippen MR) is 60.5 cm³/mol. The average Bonchev–Trinajstić information content (AvgIpc) is 2.40. The van der Waals surface area contributed by atoms with Crippen LogP contribution in [0.5, 0.6) is 5.75 Å². The summed E-state index contributed by atoms with van der Waals surface area (Å²) in [4.78, 5) is 15.4. The number of nitrogens with zero attached hydrogens (tertiary/aromatic N) is 1. The lowest BCUT2D eigenvalue weighted by molar-refractivity contribution is 0.0450. The molecule has 0 aliphatic heterocycles. The maximum absolute atomic E-state index is 13.6. The fourth-order valence-corrected chi connectivity index (χ4v) is 1.32. The fraction of sp³-hybridized carbons (Fsp3) is 0.0769. The van der Waals surface area contributed by atoms with Gasteiger partial charge in [0.05, 0.1) is 6.20 Å². The highest BCUT2D eigenvalue weighted by atomic mass is 19.1. The van der Waals surface area contributed by atoms with Crippen molar-refractivity contribution >= 4 is 5.78 Å². The molecule has 0 aliphatic carbocycles. The molecule has 1 atom stereocenters. The molecular weight excluding hydrogens is 221 g/mol. The van der Waals surface area contributed by atoms with Crippen LogP contribution in [0, 0.1) is 0 Å². The van der Waals surface area contributed by atoms with Crippen LogP contribution in [0.3, 0.4) is 0 Å². The second-order valence-electron chi connectivity index (χ2n) is 3.35. The summed E-state index contributed by atoms with van der Waals surface area (Å²) in [6.45, 7) is 0. The molecular formula is C13H10FNO2. The number of pyridine rings is 1. The van der Waals surface area contributed by atoms with Crippen LogP contribution in [0.1, 0.15) is 10.4 Å². The van der Waals surface area contributed by atoms with E-state index >= 15 is 0 Å². The number of hydrogen-bond acceptors (Lipinski definition) is 3. The molecule has 0 aliphatic rings. The first-order chi connectivity index (χ1) is 8.27. The van der Waals surface area contributed by atoms with Gasteiger partial charge in [-0.2, -0.15) is 4.39 Å². The molecule has 1 aromatic heterocycles. The lowest BCUT2D eigenvalue weighted by Gasteiger charge is -2.09. The van der Waals surface area contributed by atoms with Gasteiger partial charge in [0.15, 0.2) is 0 Å². The molecule has 0 spiro atoms. The first kappa shape index (κ1) is 11.3. The molecule has 2 rings (SSSR count). The quantitative estimate of drug-likeness (QED) is 0.759. The number of carbonyl (C=O) groups is 1. The van der Waals surface area contributed by atoms with Crippen LogP contribution in [0.4, 0.5) is 4.39 Å². The van der Waals surface area contributed by atoms with Crippen LogP contribution in [-0.2, 0) is 0 Å². The smallest absolute Gasteiger partial charge is 0.301 e. The zero-order valence-electron chi connectivity index (χ0n) is 8.92. The van der Waals surface area contributed by atoms with Crippen molar-refractivity contribution in [2.75, 3.05) is 0 Å². The third-order valence-electron chi connectivity index (χ3n) is 2.14. The van der Waals surface area contributed by atoms with Gasteiger partial charge in [-0.25, -0.2) is 0 Å². The highest BCUT2D eigenvalue weighted by Gasteiger charge is 2.20. The van der Waals surface area contributed by atoms with Crippen LogP contribution in [0.15, 0.2) is 54.9 Å². The van der Waals surface area contributed by atoms with E-state index in [0.29, 0.717) is 0 Å². The Morgan fingerprint density at radius 2 is 1.94 bits per heavy atom. The Kier molecular flexibility index (Phi) is 3.45. The Morgan fingerprint density at radius 3 is 2.59 bits per heavy atom. The van der Waals surface area contributed by atoms with Crippen molar-refractivity contribution in [1.82, 2.24) is 4.98 Å². The molecule has 0 N–H and O–H groups in total. The third-order valence-corrected chi connectivity index (χ3v) is 2.14. The summed E-state index contributed by atoms with van der Waals surface area (Å²) >= 11 is 0. The Labute approximate surface area is 97.9 Å². The highest BCUT2D eigenvalue weighted by molar-refractivity contribution is 5.98. The number of rotatable bonds is 4. The molecule has 4 heteroatoms. The summed E-state index contributed by atoms with van der Waals surface area (Å²) in [5.41, 5.74) is 0.281. The van der Waals surface area contributed by atoms with E-state index in [1.54, 1.807) is 42.6 Å². The maximum Gasteiger partial charge on any atom is 0.301 e. The molecule has 0 amide bonds. The van der Waals surface area contributed by atoms with E-state index in [1.165, 1.54) is 12.3 Å². The minimum atomic E-state index is -2.01. The number of ketones is 1. The van der Waals surface area contributed by atoms with Crippen molar-refractivity contribution < 1.29 is 13.9 Å². The first-order valence-corrected chi connectivity index (χ1v) is 5.07. The fourth-order valence-electron chi connectivity index (χ4n) is 1.32. The summed E-state index contributed by atoms with van der Waals surface area (Å²) in [6, 6.07) is 11.3. The van der Waals surface area contributed by atoms with Gasteiger partial charge >= 0.3 is 6.36 Å². The summed E-state index contributed by atoms with van der Waals surface area (Å²) in [5.74, 6) is -0.473. The molecule has 1 unspecified atom stereocenters. The Hall–Kier alpha value is -2.23. The molecule has 1 aromatic carbocycles. The normalized spacial score (nSPS) is 11.8. The monoisotopic (exact) mass is 231 g/mol. The van der Waals surface area contributed by atoms with Gasteiger partial charge < -0.3 is 4.74 Å². The SMILES string of the molecule is O=C(c1ccccc1)C(F)Oc1cccnc1. The molecule has 3 nitrogen and oxygen atoms in total. The van der Waals surface area contributed by atoms with E-state index in [0.717, 1.165) is 0 Å². The number of carbonyl (C=O) groups excluding carboxylic acids is 1. The van der Waals surface area contributed by atoms with Gasteiger partial charge in [-0.15, -0.1) is 0 Å². The molecule has 17 heavy (non-hydrogen) atoms. The van der Waals surface area contributed by atoms with Crippen LogP contribution < -0.4 is 4.74 Å². The Bertz CT molecular complexity index is 487. The van der Waals surface area contributed by atoms with E-state index < -0.39 is 12.1 Å². The van der Waals surface area contributed by atoms with Gasteiger partial charge in [0.2, 0.25) is 5.78 Å². The van der Waals surface area contributed by atoms with Crippen molar-refractivity contribution in [2.24, 2.45) is 0 Å². The van der Waals surface area contributed by atoms with E-state index in [2.05, 4.69) is 4.98 Å². The zero-order chi connectivity index (χ0) is 12.1.